The molecule has 1 N–H and O–H groups in total. The minimum absolute atomic E-state index is 0.0741. The zero-order valence-corrected chi connectivity index (χ0v) is 15.4. The topological polar surface area (TPSA) is 57.2 Å². The Kier molecular flexibility index (Phi) is 4.71. The summed E-state index contributed by atoms with van der Waals surface area (Å²) in [7, 11) is 3.31. The van der Waals surface area contributed by atoms with Gasteiger partial charge in [-0.2, -0.15) is 0 Å². The highest BCUT2D eigenvalue weighted by molar-refractivity contribution is 5.34. The van der Waals surface area contributed by atoms with E-state index in [4.69, 9.17) is 18.9 Å². The Labute approximate surface area is 144 Å². The third-order valence-electron chi connectivity index (χ3n) is 6.04. The first-order valence-corrected chi connectivity index (χ1v) is 8.76. The first kappa shape index (κ1) is 17.8. The lowest BCUT2D eigenvalue weighted by atomic mass is 9.52. The molecule has 1 fully saturated rings. The Balaban J connectivity index is 1.92. The summed E-state index contributed by atoms with van der Waals surface area (Å²) < 4.78 is 22.2. The largest absolute Gasteiger partial charge is 0.501 e. The van der Waals surface area contributed by atoms with Crippen molar-refractivity contribution in [1.82, 2.24) is 0 Å². The van der Waals surface area contributed by atoms with Gasteiger partial charge in [0.05, 0.1) is 25.7 Å². The van der Waals surface area contributed by atoms with Crippen molar-refractivity contribution in [2.45, 2.75) is 51.7 Å². The number of aliphatic hydroxyl groups is 1. The van der Waals surface area contributed by atoms with Gasteiger partial charge >= 0.3 is 0 Å². The molecule has 5 heteroatoms. The zero-order valence-electron chi connectivity index (χ0n) is 15.4. The zero-order chi connectivity index (χ0) is 17.5. The van der Waals surface area contributed by atoms with E-state index in [2.05, 4.69) is 20.8 Å². The van der Waals surface area contributed by atoms with Crippen LogP contribution in [0, 0.1) is 17.3 Å². The van der Waals surface area contributed by atoms with Crippen LogP contribution in [0.25, 0.3) is 0 Å². The molecule has 0 aromatic heterocycles. The molecule has 0 spiro atoms. The van der Waals surface area contributed by atoms with E-state index < -0.39 is 5.60 Å². The van der Waals surface area contributed by atoms with E-state index in [-0.39, 0.29) is 30.1 Å². The molecule has 0 amide bonds. The molecule has 0 radical (unpaired) electrons. The van der Waals surface area contributed by atoms with Crippen molar-refractivity contribution in [2.75, 3.05) is 27.6 Å². The third kappa shape index (κ3) is 2.76. The number of ether oxygens (including phenoxy) is 4. The number of hydrogen-bond acceptors (Lipinski definition) is 5. The molecule has 0 saturated heterocycles. The van der Waals surface area contributed by atoms with E-state index in [0.717, 1.165) is 18.6 Å². The first-order valence-electron chi connectivity index (χ1n) is 8.76. The fourth-order valence-corrected chi connectivity index (χ4v) is 4.78. The smallest absolute Gasteiger partial charge is 0.147 e. The molecule has 2 bridgehead atoms. The van der Waals surface area contributed by atoms with E-state index >= 15 is 0 Å². The summed E-state index contributed by atoms with van der Waals surface area (Å²) in [5, 5.41) is 11.6. The van der Waals surface area contributed by atoms with Gasteiger partial charge in [0, 0.05) is 13.5 Å². The minimum atomic E-state index is -1.01. The highest BCUT2D eigenvalue weighted by Gasteiger charge is 2.59. The van der Waals surface area contributed by atoms with Gasteiger partial charge in [-0.25, -0.2) is 0 Å². The van der Waals surface area contributed by atoms with E-state index in [9.17, 15) is 5.11 Å². The molecule has 136 valence electrons. The average molecular weight is 338 g/mol. The Hall–Kier alpha value is -1.04. The monoisotopic (exact) mass is 338 g/mol. The molecular formula is C19H30O5. The van der Waals surface area contributed by atoms with Crippen molar-refractivity contribution in [2.24, 2.45) is 17.3 Å². The highest BCUT2D eigenvalue weighted by atomic mass is 16.7. The van der Waals surface area contributed by atoms with E-state index in [1.54, 1.807) is 14.2 Å². The van der Waals surface area contributed by atoms with Crippen LogP contribution in [0.5, 0.6) is 0 Å². The number of methoxy groups -OCH3 is 2. The summed E-state index contributed by atoms with van der Waals surface area (Å²) in [6.45, 7) is 7.49. The molecular weight excluding hydrogens is 308 g/mol. The maximum atomic E-state index is 11.6. The Bertz CT molecular complexity index is 550. The van der Waals surface area contributed by atoms with Gasteiger partial charge in [0.2, 0.25) is 0 Å². The van der Waals surface area contributed by atoms with E-state index in [1.165, 1.54) is 5.57 Å². The van der Waals surface area contributed by atoms with Crippen molar-refractivity contribution in [1.29, 1.82) is 0 Å². The summed E-state index contributed by atoms with van der Waals surface area (Å²) in [5.41, 5.74) is 0.414. The summed E-state index contributed by atoms with van der Waals surface area (Å²) >= 11 is 0. The van der Waals surface area contributed by atoms with Crippen LogP contribution in [0.3, 0.4) is 0 Å². The maximum absolute atomic E-state index is 11.6. The van der Waals surface area contributed by atoms with Crippen molar-refractivity contribution >= 4 is 0 Å². The molecule has 0 aromatic carbocycles. The highest BCUT2D eigenvalue weighted by Crippen LogP contribution is 2.60. The first-order chi connectivity index (χ1) is 11.3. The van der Waals surface area contributed by atoms with Crippen molar-refractivity contribution < 1.29 is 24.1 Å². The fourth-order valence-electron chi connectivity index (χ4n) is 4.78. The van der Waals surface area contributed by atoms with Gasteiger partial charge in [-0.15, -0.1) is 0 Å². The molecule has 3 aliphatic carbocycles. The van der Waals surface area contributed by atoms with Crippen molar-refractivity contribution in [3.05, 3.63) is 23.2 Å². The predicted molar refractivity (Wildman–Crippen MR) is 90.1 cm³/mol. The van der Waals surface area contributed by atoms with Gasteiger partial charge in [-0.05, 0) is 42.7 Å². The molecule has 1 saturated carbocycles. The molecule has 1 aliphatic heterocycles. The summed E-state index contributed by atoms with van der Waals surface area (Å²) in [5.74, 6) is 1.78. The average Bonchev–Trinajstić information content (AvgIpc) is 2.55. The van der Waals surface area contributed by atoms with Crippen molar-refractivity contribution in [3.63, 3.8) is 0 Å². The van der Waals surface area contributed by atoms with Gasteiger partial charge in [-0.1, -0.05) is 13.8 Å². The minimum Gasteiger partial charge on any atom is -0.501 e. The van der Waals surface area contributed by atoms with Crippen LogP contribution < -0.4 is 0 Å². The van der Waals surface area contributed by atoms with Crippen LogP contribution in [-0.2, 0) is 18.9 Å². The van der Waals surface area contributed by atoms with Gasteiger partial charge in [0.15, 0.2) is 0 Å². The van der Waals surface area contributed by atoms with Crippen LogP contribution in [0.15, 0.2) is 23.2 Å². The fraction of sp³-hybridized carbons (Fsp3) is 0.789. The lowest BCUT2D eigenvalue weighted by Crippen LogP contribution is -2.56. The second kappa shape index (κ2) is 6.36. The second-order valence-electron chi connectivity index (χ2n) is 7.96. The lowest BCUT2D eigenvalue weighted by Gasteiger charge is -2.56. The molecule has 4 aliphatic rings. The van der Waals surface area contributed by atoms with Crippen molar-refractivity contribution in [3.8, 4) is 0 Å². The standard InChI is InChI=1S/C19H30O5/c1-12-14-10-19(20,15(17(12)22-5)9-18(14,2)3)16-8-13(6-7-23-16)24-11-21-4/h8,13-15,20H,6-7,9-11H2,1-5H3/t13-,14-,15+,19+/m0/s1. The molecule has 4 atom stereocenters. The lowest BCUT2D eigenvalue weighted by molar-refractivity contribution is -0.129. The van der Waals surface area contributed by atoms with Gasteiger partial charge in [-0.3, -0.25) is 0 Å². The molecule has 0 aromatic rings. The summed E-state index contributed by atoms with van der Waals surface area (Å²) in [6.07, 6.45) is 4.18. The second-order valence-corrected chi connectivity index (χ2v) is 7.96. The summed E-state index contributed by atoms with van der Waals surface area (Å²) in [4.78, 5) is 0. The number of fused-ring (bicyclic) bond motifs is 2. The number of hydrogen-bond donors (Lipinski definition) is 1. The normalized spacial score (nSPS) is 37.9. The van der Waals surface area contributed by atoms with Crippen LogP contribution >= 0.6 is 0 Å². The van der Waals surface area contributed by atoms with Crippen LogP contribution in [0.4, 0.5) is 0 Å². The summed E-state index contributed by atoms with van der Waals surface area (Å²) in [6, 6.07) is 0. The van der Waals surface area contributed by atoms with Crippen LogP contribution in [0.2, 0.25) is 0 Å². The van der Waals surface area contributed by atoms with E-state index in [1.807, 2.05) is 6.08 Å². The third-order valence-corrected chi connectivity index (χ3v) is 6.04. The molecule has 5 nitrogen and oxygen atoms in total. The molecule has 24 heavy (non-hydrogen) atoms. The Morgan fingerprint density at radius 1 is 1.25 bits per heavy atom. The van der Waals surface area contributed by atoms with Gasteiger partial charge in [0.25, 0.3) is 0 Å². The Morgan fingerprint density at radius 3 is 2.67 bits per heavy atom. The maximum Gasteiger partial charge on any atom is 0.147 e. The number of rotatable bonds is 5. The van der Waals surface area contributed by atoms with Gasteiger partial charge in [0.1, 0.15) is 23.9 Å². The van der Waals surface area contributed by atoms with E-state index in [0.29, 0.717) is 18.8 Å². The quantitative estimate of drug-likeness (QED) is 0.781. The van der Waals surface area contributed by atoms with Gasteiger partial charge < -0.3 is 24.1 Å². The van der Waals surface area contributed by atoms with Crippen LogP contribution in [0.1, 0.15) is 40.0 Å². The molecule has 4 rings (SSSR count). The predicted octanol–water partition coefficient (Wildman–Crippen LogP) is 3.00. The van der Waals surface area contributed by atoms with Crippen LogP contribution in [-0.4, -0.2) is 44.4 Å². The molecule has 1 heterocycles. The number of allylic oxidation sites excluding steroid dienone is 1. The Morgan fingerprint density at radius 2 is 2.00 bits per heavy atom. The SMILES string of the molecule is COCO[C@@H]1C=C([C@@]2(O)C[C@H]3C(C)=C(OC)[C@H]2CC3(C)C)OCC1. The molecule has 0 unspecified atom stereocenters.